The van der Waals surface area contributed by atoms with Gasteiger partial charge in [-0.05, 0) is 47.7 Å². The summed E-state index contributed by atoms with van der Waals surface area (Å²) in [6.45, 7) is 9.78. The largest absolute Gasteiger partial charge is 0.486 e. The lowest BCUT2D eigenvalue weighted by molar-refractivity contribution is 0.288. The molecule has 2 aromatic carbocycles. The van der Waals surface area contributed by atoms with Crippen molar-refractivity contribution in [3.8, 4) is 5.75 Å². The lowest BCUT2D eigenvalue weighted by Crippen LogP contribution is -2.11. The van der Waals surface area contributed by atoms with E-state index >= 15 is 0 Å². The first-order chi connectivity index (χ1) is 13.8. The number of nitrogens with zero attached hydrogens (tertiary/aromatic N) is 3. The summed E-state index contributed by atoms with van der Waals surface area (Å²) in [6, 6.07) is 13.8. The molecule has 1 aromatic heterocycles. The molecule has 1 heterocycles. The molecule has 3 rings (SSSR count). The SMILES string of the molecule is CCn1c(COc2ccc(C(C)(C)C)cc2)nnc1SCc1c(Cl)cccc1Cl. The fraction of sp³-hybridized carbons (Fsp3) is 0.364. The van der Waals surface area contributed by atoms with Gasteiger partial charge >= 0.3 is 0 Å². The molecule has 0 radical (unpaired) electrons. The van der Waals surface area contributed by atoms with Crippen molar-refractivity contribution >= 4 is 35.0 Å². The lowest BCUT2D eigenvalue weighted by atomic mass is 9.87. The summed E-state index contributed by atoms with van der Waals surface area (Å²) >= 11 is 14.1. The smallest absolute Gasteiger partial charge is 0.191 e. The number of aromatic nitrogens is 3. The fourth-order valence-electron chi connectivity index (χ4n) is 2.86. The van der Waals surface area contributed by atoms with Gasteiger partial charge in [0.2, 0.25) is 0 Å². The Morgan fingerprint density at radius 2 is 1.66 bits per heavy atom. The molecule has 3 aromatic rings. The highest BCUT2D eigenvalue weighted by molar-refractivity contribution is 7.98. The monoisotopic (exact) mass is 449 g/mol. The van der Waals surface area contributed by atoms with Crippen LogP contribution in [-0.2, 0) is 24.3 Å². The second-order valence-corrected chi connectivity index (χ2v) is 9.45. The number of benzene rings is 2. The highest BCUT2D eigenvalue weighted by Gasteiger charge is 2.15. The Bertz CT molecular complexity index is 945. The molecule has 4 nitrogen and oxygen atoms in total. The van der Waals surface area contributed by atoms with Crippen molar-refractivity contribution in [2.45, 2.75) is 57.2 Å². The molecule has 0 aliphatic carbocycles. The molecule has 0 saturated carbocycles. The zero-order chi connectivity index (χ0) is 21.0. The quantitative estimate of drug-likeness (QED) is 0.372. The number of halogens is 2. The van der Waals surface area contributed by atoms with Gasteiger partial charge in [-0.3, -0.25) is 0 Å². The van der Waals surface area contributed by atoms with Crippen LogP contribution in [0.5, 0.6) is 5.75 Å². The van der Waals surface area contributed by atoms with E-state index in [4.69, 9.17) is 27.9 Å². The topological polar surface area (TPSA) is 39.9 Å². The Balaban J connectivity index is 1.66. The van der Waals surface area contributed by atoms with Gasteiger partial charge in [0.1, 0.15) is 12.4 Å². The predicted octanol–water partition coefficient (Wildman–Crippen LogP) is 6.77. The minimum absolute atomic E-state index is 0.123. The van der Waals surface area contributed by atoms with Crippen molar-refractivity contribution in [3.05, 3.63) is 69.5 Å². The number of ether oxygens (including phenoxy) is 1. The van der Waals surface area contributed by atoms with Crippen molar-refractivity contribution in [1.29, 1.82) is 0 Å². The predicted molar refractivity (Wildman–Crippen MR) is 121 cm³/mol. The molecular formula is C22H25Cl2N3OS. The summed E-state index contributed by atoms with van der Waals surface area (Å²) in [5, 5.41) is 10.8. The molecule has 0 unspecified atom stereocenters. The van der Waals surface area contributed by atoms with Crippen molar-refractivity contribution in [2.75, 3.05) is 0 Å². The van der Waals surface area contributed by atoms with Gasteiger partial charge < -0.3 is 9.30 Å². The van der Waals surface area contributed by atoms with Crippen LogP contribution in [0.4, 0.5) is 0 Å². The molecule has 154 valence electrons. The van der Waals surface area contributed by atoms with Crippen LogP contribution in [0.3, 0.4) is 0 Å². The van der Waals surface area contributed by atoms with Gasteiger partial charge in [0.15, 0.2) is 11.0 Å². The average molecular weight is 450 g/mol. The Hall–Kier alpha value is -1.69. The Morgan fingerprint density at radius 1 is 1.00 bits per heavy atom. The molecule has 0 aliphatic heterocycles. The van der Waals surface area contributed by atoms with E-state index in [9.17, 15) is 0 Å². The first-order valence-corrected chi connectivity index (χ1v) is 11.2. The van der Waals surface area contributed by atoms with E-state index in [1.165, 1.54) is 5.56 Å². The number of hydrogen-bond donors (Lipinski definition) is 0. The maximum atomic E-state index is 6.27. The van der Waals surface area contributed by atoms with E-state index in [1.807, 2.05) is 30.3 Å². The summed E-state index contributed by atoms with van der Waals surface area (Å²) in [5.41, 5.74) is 2.30. The molecule has 0 bridgehead atoms. The molecule has 7 heteroatoms. The minimum Gasteiger partial charge on any atom is -0.486 e. The van der Waals surface area contributed by atoms with Crippen LogP contribution in [0.15, 0.2) is 47.6 Å². The van der Waals surface area contributed by atoms with E-state index in [2.05, 4.69) is 54.6 Å². The first-order valence-electron chi connectivity index (χ1n) is 9.50. The third kappa shape index (κ3) is 5.47. The maximum absolute atomic E-state index is 6.27. The first kappa shape index (κ1) is 22.0. The Kier molecular flexibility index (Phi) is 7.14. The molecule has 29 heavy (non-hydrogen) atoms. The summed E-state index contributed by atoms with van der Waals surface area (Å²) in [4.78, 5) is 0. The second-order valence-electron chi connectivity index (χ2n) is 7.70. The van der Waals surface area contributed by atoms with Crippen molar-refractivity contribution in [3.63, 3.8) is 0 Å². The van der Waals surface area contributed by atoms with Gasteiger partial charge in [0.25, 0.3) is 0 Å². The van der Waals surface area contributed by atoms with Gasteiger partial charge in [-0.1, -0.05) is 73.9 Å². The van der Waals surface area contributed by atoms with Crippen LogP contribution in [0.25, 0.3) is 0 Å². The third-order valence-electron chi connectivity index (χ3n) is 4.61. The number of rotatable bonds is 7. The van der Waals surface area contributed by atoms with E-state index in [-0.39, 0.29) is 5.41 Å². The van der Waals surface area contributed by atoms with Crippen LogP contribution in [-0.4, -0.2) is 14.8 Å². The van der Waals surface area contributed by atoms with Crippen LogP contribution in [0, 0.1) is 0 Å². The van der Waals surface area contributed by atoms with Crippen LogP contribution < -0.4 is 4.74 Å². The zero-order valence-electron chi connectivity index (χ0n) is 17.1. The number of hydrogen-bond acceptors (Lipinski definition) is 4. The summed E-state index contributed by atoms with van der Waals surface area (Å²) < 4.78 is 8.00. The van der Waals surface area contributed by atoms with Crippen molar-refractivity contribution in [1.82, 2.24) is 14.8 Å². The molecule has 0 atom stereocenters. The van der Waals surface area contributed by atoms with Gasteiger partial charge in [0.05, 0.1) is 0 Å². The van der Waals surface area contributed by atoms with Crippen molar-refractivity contribution < 1.29 is 4.74 Å². The van der Waals surface area contributed by atoms with Gasteiger partial charge in [-0.25, -0.2) is 0 Å². The zero-order valence-corrected chi connectivity index (χ0v) is 19.4. The normalized spacial score (nSPS) is 11.7. The van der Waals surface area contributed by atoms with E-state index in [0.717, 1.165) is 28.8 Å². The standard InChI is InChI=1S/C22H25Cl2N3OS/c1-5-27-20(13-28-16-11-9-15(10-12-16)22(2,3)4)25-26-21(27)29-14-17-18(23)7-6-8-19(17)24/h6-12H,5,13-14H2,1-4H3. The highest BCUT2D eigenvalue weighted by atomic mass is 35.5. The van der Waals surface area contributed by atoms with Gasteiger partial charge in [-0.2, -0.15) is 0 Å². The Labute approximate surface area is 186 Å². The lowest BCUT2D eigenvalue weighted by Gasteiger charge is -2.19. The second kappa shape index (κ2) is 9.41. The third-order valence-corrected chi connectivity index (χ3v) is 6.31. The summed E-state index contributed by atoms with van der Waals surface area (Å²) in [7, 11) is 0. The van der Waals surface area contributed by atoms with E-state index < -0.39 is 0 Å². The van der Waals surface area contributed by atoms with Gasteiger partial charge in [-0.15, -0.1) is 10.2 Å². The molecule has 0 N–H and O–H groups in total. The maximum Gasteiger partial charge on any atom is 0.191 e. The highest BCUT2D eigenvalue weighted by Crippen LogP contribution is 2.31. The van der Waals surface area contributed by atoms with E-state index in [1.54, 1.807) is 11.8 Å². The van der Waals surface area contributed by atoms with Crippen LogP contribution >= 0.6 is 35.0 Å². The Morgan fingerprint density at radius 3 is 2.24 bits per heavy atom. The van der Waals surface area contributed by atoms with Crippen LogP contribution in [0.1, 0.15) is 44.6 Å². The number of thioether (sulfide) groups is 1. The fourth-order valence-corrected chi connectivity index (χ4v) is 4.62. The molecule has 0 amide bonds. The molecule has 0 aliphatic rings. The van der Waals surface area contributed by atoms with Crippen molar-refractivity contribution in [2.24, 2.45) is 0 Å². The van der Waals surface area contributed by atoms with Gasteiger partial charge in [0, 0.05) is 22.3 Å². The van der Waals surface area contributed by atoms with Crippen LogP contribution in [0.2, 0.25) is 10.0 Å². The summed E-state index contributed by atoms with van der Waals surface area (Å²) in [6.07, 6.45) is 0. The summed E-state index contributed by atoms with van der Waals surface area (Å²) in [5.74, 6) is 2.24. The van der Waals surface area contributed by atoms with E-state index in [0.29, 0.717) is 22.4 Å². The average Bonchev–Trinajstić information content (AvgIpc) is 3.07. The molecule has 0 fully saturated rings. The molecule has 0 saturated heterocycles. The minimum atomic E-state index is 0.123. The molecular weight excluding hydrogens is 425 g/mol. The molecule has 0 spiro atoms.